The first-order valence-corrected chi connectivity index (χ1v) is 7.78. The van der Waals surface area contributed by atoms with Gasteiger partial charge in [0.2, 0.25) is 0 Å². The minimum Gasteiger partial charge on any atom is -0.417 e. The molecule has 0 saturated carbocycles. The molecular weight excluding hydrogens is 328 g/mol. The number of aryl methyl sites for hydroxylation is 2. The predicted octanol–water partition coefficient (Wildman–Crippen LogP) is 3.38. The molecule has 0 fully saturated rings. The lowest BCUT2D eigenvalue weighted by molar-refractivity contribution is -0.128. The van der Waals surface area contributed by atoms with Gasteiger partial charge < -0.3 is 9.47 Å². The maximum Gasteiger partial charge on any atom is 0.390 e. The number of esters is 2. The Hall–Kier alpha value is -3.76. The van der Waals surface area contributed by atoms with Crippen molar-refractivity contribution < 1.29 is 19.1 Å². The lowest BCUT2D eigenvalue weighted by Crippen LogP contribution is -2.04. The van der Waals surface area contributed by atoms with Gasteiger partial charge in [0.15, 0.2) is 0 Å². The molecule has 0 atom stereocenters. The fourth-order valence-electron chi connectivity index (χ4n) is 1.76. The first-order chi connectivity index (χ1) is 12.5. The molecule has 2 aromatic carbocycles. The van der Waals surface area contributed by atoms with Gasteiger partial charge in [0.25, 0.3) is 0 Å². The van der Waals surface area contributed by atoms with Crippen LogP contribution in [0.1, 0.15) is 11.1 Å². The first-order valence-electron chi connectivity index (χ1n) is 7.78. The van der Waals surface area contributed by atoms with Crippen molar-refractivity contribution in [1.29, 1.82) is 0 Å². The number of benzene rings is 2. The van der Waals surface area contributed by atoms with Crippen molar-refractivity contribution in [3.05, 3.63) is 71.8 Å². The highest BCUT2D eigenvalue weighted by Crippen LogP contribution is 2.11. The third kappa shape index (κ3) is 6.78. The summed E-state index contributed by atoms with van der Waals surface area (Å²) in [5, 5.41) is 0. The van der Waals surface area contributed by atoms with Gasteiger partial charge in [-0.3, -0.25) is 0 Å². The molecule has 0 unspecified atom stereocenters. The standard InChI is InChI=1S/C22H16O4/c1-17-9-13-19(14-10-17)25-21(23)7-5-3-4-6-8-22(24)26-20-15-11-18(2)12-16-20/h3-4,9-16H,1-2H3/b4-3+. The Kier molecular flexibility index (Phi) is 6.80. The van der Waals surface area contributed by atoms with Crippen molar-refractivity contribution in [3.8, 4) is 35.2 Å². The van der Waals surface area contributed by atoms with Gasteiger partial charge in [0.05, 0.1) is 0 Å². The average Bonchev–Trinajstić information content (AvgIpc) is 2.62. The molecule has 0 aliphatic heterocycles. The zero-order valence-electron chi connectivity index (χ0n) is 14.4. The van der Waals surface area contributed by atoms with Crippen LogP contribution in [0.25, 0.3) is 0 Å². The molecule has 0 spiro atoms. The highest BCUT2D eigenvalue weighted by Gasteiger charge is 2.00. The summed E-state index contributed by atoms with van der Waals surface area (Å²) in [5.74, 6) is 9.07. The van der Waals surface area contributed by atoms with Gasteiger partial charge in [-0.05, 0) is 50.3 Å². The minimum absolute atomic E-state index is 0.428. The monoisotopic (exact) mass is 344 g/mol. The predicted molar refractivity (Wildman–Crippen MR) is 98.3 cm³/mol. The van der Waals surface area contributed by atoms with Gasteiger partial charge in [0, 0.05) is 11.8 Å². The van der Waals surface area contributed by atoms with Crippen molar-refractivity contribution in [1.82, 2.24) is 0 Å². The molecule has 0 bridgehead atoms. The van der Waals surface area contributed by atoms with Crippen LogP contribution >= 0.6 is 0 Å². The zero-order valence-corrected chi connectivity index (χ0v) is 14.4. The number of carbonyl (C=O) groups excluding carboxylic acids is 2. The maximum atomic E-state index is 11.5. The van der Waals surface area contributed by atoms with Crippen molar-refractivity contribution >= 4 is 11.9 Å². The summed E-state index contributed by atoms with van der Waals surface area (Å²) in [7, 11) is 0. The molecule has 0 saturated heterocycles. The van der Waals surface area contributed by atoms with E-state index in [4.69, 9.17) is 9.47 Å². The summed E-state index contributed by atoms with van der Waals surface area (Å²) < 4.78 is 10.1. The SMILES string of the molecule is Cc1ccc(OC(=O)C#C/C=C/C#CC(=O)Oc2ccc(C)cc2)cc1. The second-order valence-electron chi connectivity index (χ2n) is 5.28. The van der Waals surface area contributed by atoms with E-state index in [0.717, 1.165) is 11.1 Å². The smallest absolute Gasteiger partial charge is 0.390 e. The van der Waals surface area contributed by atoms with Crippen LogP contribution in [0.3, 0.4) is 0 Å². The number of rotatable bonds is 2. The molecular formula is C22H16O4. The largest absolute Gasteiger partial charge is 0.417 e. The summed E-state index contributed by atoms with van der Waals surface area (Å²) in [6.45, 7) is 3.88. The van der Waals surface area contributed by atoms with Gasteiger partial charge in [-0.15, -0.1) is 0 Å². The highest BCUT2D eigenvalue weighted by molar-refractivity contribution is 5.91. The average molecular weight is 344 g/mol. The number of hydrogen-bond donors (Lipinski definition) is 0. The van der Waals surface area contributed by atoms with E-state index in [1.54, 1.807) is 24.3 Å². The normalized spacial score (nSPS) is 9.46. The summed E-state index contributed by atoms with van der Waals surface area (Å²) in [4.78, 5) is 23.1. The minimum atomic E-state index is -0.676. The molecule has 0 heterocycles. The van der Waals surface area contributed by atoms with Crippen LogP contribution in [0.5, 0.6) is 11.5 Å². The van der Waals surface area contributed by atoms with Gasteiger partial charge in [-0.25, -0.2) is 9.59 Å². The molecule has 0 aliphatic carbocycles. The van der Waals surface area contributed by atoms with Crippen LogP contribution < -0.4 is 9.47 Å². The molecule has 4 heteroatoms. The van der Waals surface area contributed by atoms with Crippen LogP contribution in [-0.2, 0) is 9.59 Å². The van der Waals surface area contributed by atoms with Crippen molar-refractivity contribution in [2.45, 2.75) is 13.8 Å². The third-order valence-corrected chi connectivity index (χ3v) is 3.06. The number of allylic oxidation sites excluding steroid dienone is 2. The van der Waals surface area contributed by atoms with Crippen LogP contribution in [0.4, 0.5) is 0 Å². The van der Waals surface area contributed by atoms with Crippen molar-refractivity contribution in [2.24, 2.45) is 0 Å². The number of hydrogen-bond acceptors (Lipinski definition) is 4. The van der Waals surface area contributed by atoms with E-state index in [1.807, 2.05) is 38.1 Å². The van der Waals surface area contributed by atoms with Crippen molar-refractivity contribution in [3.63, 3.8) is 0 Å². The second kappa shape index (κ2) is 9.52. The molecule has 0 N–H and O–H groups in total. The van der Waals surface area contributed by atoms with E-state index in [-0.39, 0.29) is 0 Å². The van der Waals surface area contributed by atoms with E-state index in [1.165, 1.54) is 12.2 Å². The summed E-state index contributed by atoms with van der Waals surface area (Å²) >= 11 is 0. The van der Waals surface area contributed by atoms with Crippen LogP contribution in [-0.4, -0.2) is 11.9 Å². The van der Waals surface area contributed by atoms with E-state index in [9.17, 15) is 9.59 Å². The summed E-state index contributed by atoms with van der Waals surface area (Å²) in [6, 6.07) is 14.1. The molecule has 0 aromatic heterocycles. The first kappa shape index (κ1) is 18.6. The van der Waals surface area contributed by atoms with Crippen LogP contribution in [0.2, 0.25) is 0 Å². The molecule has 4 nitrogen and oxygen atoms in total. The third-order valence-electron chi connectivity index (χ3n) is 3.06. The van der Waals surface area contributed by atoms with Gasteiger partial charge in [-0.2, -0.15) is 0 Å². The Morgan fingerprint density at radius 1 is 0.692 bits per heavy atom. The van der Waals surface area contributed by atoms with Crippen LogP contribution in [0.15, 0.2) is 60.7 Å². The van der Waals surface area contributed by atoms with E-state index in [0.29, 0.717) is 11.5 Å². The molecule has 0 amide bonds. The van der Waals surface area contributed by atoms with E-state index < -0.39 is 11.9 Å². The second-order valence-corrected chi connectivity index (χ2v) is 5.28. The van der Waals surface area contributed by atoms with E-state index >= 15 is 0 Å². The van der Waals surface area contributed by atoms with Gasteiger partial charge in [0.1, 0.15) is 11.5 Å². The van der Waals surface area contributed by atoms with Gasteiger partial charge >= 0.3 is 11.9 Å². The Balaban J connectivity index is 1.80. The Bertz CT molecular complexity index is 849. The zero-order chi connectivity index (χ0) is 18.8. The molecule has 0 radical (unpaired) electrons. The van der Waals surface area contributed by atoms with Gasteiger partial charge in [-0.1, -0.05) is 47.2 Å². The molecule has 26 heavy (non-hydrogen) atoms. The summed E-state index contributed by atoms with van der Waals surface area (Å²) in [5.41, 5.74) is 2.14. The Labute approximate surface area is 152 Å². The number of carbonyl (C=O) groups is 2. The van der Waals surface area contributed by atoms with Crippen molar-refractivity contribution in [2.75, 3.05) is 0 Å². The maximum absolute atomic E-state index is 11.5. The fourth-order valence-corrected chi connectivity index (χ4v) is 1.76. The van der Waals surface area contributed by atoms with E-state index in [2.05, 4.69) is 23.7 Å². The van der Waals surface area contributed by atoms with Crippen LogP contribution in [0, 0.1) is 37.5 Å². The Morgan fingerprint density at radius 3 is 1.38 bits per heavy atom. The quantitative estimate of drug-likeness (QED) is 0.363. The molecule has 2 aromatic rings. The lowest BCUT2D eigenvalue weighted by Gasteiger charge is -1.99. The summed E-state index contributed by atoms with van der Waals surface area (Å²) in [6.07, 6.45) is 2.70. The highest BCUT2D eigenvalue weighted by atomic mass is 16.5. The molecule has 128 valence electrons. The topological polar surface area (TPSA) is 52.6 Å². The molecule has 0 aliphatic rings. The Morgan fingerprint density at radius 2 is 1.04 bits per heavy atom. The molecule has 2 rings (SSSR count). The number of ether oxygens (including phenoxy) is 2. The fraction of sp³-hybridized carbons (Fsp3) is 0.0909. The lowest BCUT2D eigenvalue weighted by atomic mass is 10.2.